The Bertz CT molecular complexity index is 2960. The molecule has 0 amide bonds. The van der Waals surface area contributed by atoms with Crippen LogP contribution in [0.4, 0.5) is 0 Å². The number of allylic oxidation sites excluding steroid dienone is 6. The quantitative estimate of drug-likeness (QED) is 0.166. The van der Waals surface area contributed by atoms with E-state index in [2.05, 4.69) is 172 Å². The van der Waals surface area contributed by atoms with Gasteiger partial charge in [0.1, 0.15) is 176 Å². The molecule has 0 aliphatic heterocycles. The van der Waals surface area contributed by atoms with Crippen LogP contribution in [0.15, 0.2) is 37.4 Å². The van der Waals surface area contributed by atoms with Crippen LogP contribution in [0.3, 0.4) is 0 Å². The first-order valence-electron chi connectivity index (χ1n) is 21.4. The first-order valence-corrected chi connectivity index (χ1v) is 21.4. The Labute approximate surface area is 360 Å². The molecular weight excluding hydrogens is 663 g/mol. The van der Waals surface area contributed by atoms with Gasteiger partial charge in [-0.05, 0) is 44.1 Å². The van der Waals surface area contributed by atoms with E-state index in [1.54, 1.807) is 0 Å². The molecule has 3 aliphatic rings. The maximum atomic E-state index is 7.40. The average Bonchev–Trinajstić information content (AvgIpc) is 3.80. The van der Waals surface area contributed by atoms with Gasteiger partial charge in [0.05, 0.1) is 0 Å². The van der Waals surface area contributed by atoms with E-state index >= 15 is 0 Å². The molecule has 0 radical (unpaired) electrons. The lowest BCUT2D eigenvalue weighted by Gasteiger charge is -2.54. The van der Waals surface area contributed by atoms with Crippen molar-refractivity contribution in [3.8, 4) is 0 Å². The summed E-state index contributed by atoms with van der Waals surface area (Å²) in [6.45, 7) is 2.62. The van der Waals surface area contributed by atoms with Crippen molar-refractivity contribution < 1.29 is 4.42 Å². The lowest BCUT2D eigenvalue weighted by Crippen LogP contribution is -2.58. The molecule has 5 aromatic rings. The molecule has 1 aromatic heterocycles. The molecule has 2 unspecified atom stereocenters. The molecule has 2 atom stereocenters. The van der Waals surface area contributed by atoms with Crippen LogP contribution in [0, 0.1) is 0 Å². The Morgan fingerprint density at radius 1 is 0.351 bits per heavy atom. The standard InChI is InChI=1S/C35H45B21O/c1-34(10-7-11(36)5-6(16(41)22(47)21(46)15(5)40)17(42)30(7)57-31(10)29(54)32(34)55)35-8(18(43)26(51)28(53)33(35)56)2(3-9(35)19(44)25(50)20(45)12(3)37)4-13(38)23(48)27(52)24(49)14(4)39/h36-56H2,1H3. The van der Waals surface area contributed by atoms with Gasteiger partial charge >= 0.3 is 0 Å². The minimum atomic E-state index is -0.485. The largest absolute Gasteiger partial charge is 0.458 e. The van der Waals surface area contributed by atoms with E-state index in [4.69, 9.17) is 4.42 Å². The number of benzene rings is 4. The first-order chi connectivity index (χ1) is 26.5. The van der Waals surface area contributed by atoms with Gasteiger partial charge in [-0.2, -0.15) is 0 Å². The molecule has 8 rings (SSSR count). The van der Waals surface area contributed by atoms with E-state index in [9.17, 15) is 0 Å². The van der Waals surface area contributed by atoms with Crippen LogP contribution < -0.4 is 81.9 Å². The number of furan rings is 1. The Hall–Kier alpha value is -3.00. The Morgan fingerprint density at radius 3 is 1.32 bits per heavy atom. The van der Waals surface area contributed by atoms with Crippen molar-refractivity contribution in [3.63, 3.8) is 0 Å². The highest BCUT2D eigenvalue weighted by Gasteiger charge is 2.64. The summed E-state index contributed by atoms with van der Waals surface area (Å²) in [6.07, 6.45) is 0. The zero-order chi connectivity index (χ0) is 42.2. The van der Waals surface area contributed by atoms with Gasteiger partial charge in [0.2, 0.25) is 0 Å². The molecule has 0 saturated carbocycles. The molecule has 0 spiro atoms. The van der Waals surface area contributed by atoms with Crippen LogP contribution in [-0.4, -0.2) is 165 Å². The smallest absolute Gasteiger partial charge is 0.145 e. The summed E-state index contributed by atoms with van der Waals surface area (Å²) in [5, 5.41) is 4.10. The highest BCUT2D eigenvalue weighted by molar-refractivity contribution is 6.72. The number of hydrogen-bond donors (Lipinski definition) is 0. The maximum absolute atomic E-state index is 7.40. The second-order valence-electron chi connectivity index (χ2n) is 19.1. The second kappa shape index (κ2) is 12.8. The van der Waals surface area contributed by atoms with Crippen molar-refractivity contribution in [3.05, 3.63) is 60.9 Å². The third kappa shape index (κ3) is 4.45. The molecular formula is C35H45B21O. The van der Waals surface area contributed by atoms with Crippen LogP contribution in [0.25, 0.3) is 32.8 Å². The summed E-state index contributed by atoms with van der Waals surface area (Å²) in [4.78, 5) is 0. The average molecular weight is 709 g/mol. The number of rotatable bonds is 2. The van der Waals surface area contributed by atoms with E-state index in [0.717, 1.165) is 11.3 Å². The van der Waals surface area contributed by atoms with Gasteiger partial charge in [0.25, 0.3) is 0 Å². The van der Waals surface area contributed by atoms with Gasteiger partial charge < -0.3 is 4.42 Å². The normalized spacial score (nSPS) is 20.3. The van der Waals surface area contributed by atoms with Gasteiger partial charge in [-0.25, -0.2) is 0 Å². The lowest BCUT2D eigenvalue weighted by molar-refractivity contribution is 0.410. The molecule has 0 saturated heterocycles. The molecule has 0 N–H and O–H groups in total. The predicted octanol–water partition coefficient (Wildman–Crippen LogP) is -23.6. The van der Waals surface area contributed by atoms with Crippen LogP contribution in [0.2, 0.25) is 0 Å². The Balaban J connectivity index is 1.71. The summed E-state index contributed by atoms with van der Waals surface area (Å²) in [5.74, 6) is 1.08. The number of hydrogen-bond acceptors (Lipinski definition) is 1. The fraction of sp³-hybridized carbons (Fsp3) is 0.0857. The van der Waals surface area contributed by atoms with Crippen molar-refractivity contribution in [2.24, 2.45) is 0 Å². The minimum absolute atomic E-state index is 0.458. The van der Waals surface area contributed by atoms with Crippen LogP contribution >= 0.6 is 0 Å². The molecule has 57 heavy (non-hydrogen) atoms. The maximum Gasteiger partial charge on any atom is 0.145 e. The molecule has 22 heteroatoms. The summed E-state index contributed by atoms with van der Waals surface area (Å²) in [6, 6.07) is 0. The van der Waals surface area contributed by atoms with Crippen LogP contribution in [0.1, 0.15) is 34.9 Å². The van der Waals surface area contributed by atoms with E-state index < -0.39 is 10.8 Å². The molecule has 3 aliphatic carbocycles. The minimum Gasteiger partial charge on any atom is -0.458 e. The Kier molecular flexibility index (Phi) is 9.12. The molecule has 4 aromatic carbocycles. The van der Waals surface area contributed by atoms with Crippen LogP contribution in [0.5, 0.6) is 0 Å². The predicted molar refractivity (Wildman–Crippen MR) is 317 cm³/mol. The fourth-order valence-electron chi connectivity index (χ4n) is 12.9. The highest BCUT2D eigenvalue weighted by atomic mass is 16.3. The van der Waals surface area contributed by atoms with Gasteiger partial charge in [0, 0.05) is 21.8 Å². The highest BCUT2D eigenvalue weighted by Crippen LogP contribution is 2.68. The topological polar surface area (TPSA) is 13.1 Å². The van der Waals surface area contributed by atoms with Gasteiger partial charge in [-0.15, -0.1) is 60.1 Å². The van der Waals surface area contributed by atoms with E-state index in [0.29, 0.717) is 0 Å². The van der Waals surface area contributed by atoms with Crippen molar-refractivity contribution in [2.45, 2.75) is 17.8 Å². The van der Waals surface area contributed by atoms with E-state index in [-0.39, 0.29) is 0 Å². The second-order valence-corrected chi connectivity index (χ2v) is 19.1. The summed E-state index contributed by atoms with van der Waals surface area (Å²) in [7, 11) is 49.9. The van der Waals surface area contributed by atoms with Gasteiger partial charge in [-0.3, -0.25) is 0 Å². The zero-order valence-electron chi connectivity index (χ0n) is 39.4. The van der Waals surface area contributed by atoms with E-state index in [1.165, 1.54) is 164 Å². The van der Waals surface area contributed by atoms with E-state index in [1.807, 2.05) is 0 Å². The Morgan fingerprint density at radius 2 is 0.789 bits per heavy atom. The third-order valence-corrected chi connectivity index (χ3v) is 17.8. The molecule has 0 fully saturated rings. The lowest BCUT2D eigenvalue weighted by atomic mass is 9.38. The van der Waals surface area contributed by atoms with Crippen LogP contribution in [-0.2, 0) is 10.8 Å². The van der Waals surface area contributed by atoms with Crippen molar-refractivity contribution >= 4 is 280 Å². The summed E-state index contributed by atoms with van der Waals surface area (Å²) in [5.41, 5.74) is 38.3. The summed E-state index contributed by atoms with van der Waals surface area (Å²) >= 11 is 0. The molecule has 1 heterocycles. The van der Waals surface area contributed by atoms with Crippen molar-refractivity contribution in [1.29, 1.82) is 0 Å². The van der Waals surface area contributed by atoms with Gasteiger partial charge in [-0.1, -0.05) is 56.1 Å². The molecule has 254 valence electrons. The fourth-order valence-corrected chi connectivity index (χ4v) is 12.9. The van der Waals surface area contributed by atoms with Gasteiger partial charge in [0.15, 0.2) is 0 Å². The molecule has 1 nitrogen and oxygen atoms in total. The molecule has 0 bridgehead atoms. The summed E-state index contributed by atoms with van der Waals surface area (Å²) < 4.78 is 7.40. The SMILES string of the molecule is BC1=C(B)C2=C(c3c(B)c(B)c(B)c(B)c3B)c3c(B)c(B)c(B)c(B)c3C2(C2(C)C(B)=C(B)c3oc4c(B)c5c(B)c(B)c(B)c(B)c5c(B)c4c32)C(B)=C1B. The number of fused-ring (bicyclic) bond motifs is 7. The van der Waals surface area contributed by atoms with Crippen molar-refractivity contribution in [2.75, 3.05) is 0 Å². The van der Waals surface area contributed by atoms with Crippen molar-refractivity contribution in [1.82, 2.24) is 0 Å². The monoisotopic (exact) mass is 713 g/mol. The first kappa shape index (κ1) is 40.8. The zero-order valence-corrected chi connectivity index (χ0v) is 39.4. The third-order valence-electron chi connectivity index (χ3n) is 17.8.